The Balaban J connectivity index is 1.83. The fourth-order valence-corrected chi connectivity index (χ4v) is 4.01. The zero-order valence-electron chi connectivity index (χ0n) is 12.0. The SMILES string of the molecule is COc1ccc2c(c1)C(N)C(Sc1cc(C)nn1C)C2. The highest BCUT2D eigenvalue weighted by atomic mass is 32.2. The van der Waals surface area contributed by atoms with E-state index in [1.54, 1.807) is 7.11 Å². The lowest BCUT2D eigenvalue weighted by Crippen LogP contribution is -2.19. The third kappa shape index (κ3) is 2.31. The van der Waals surface area contributed by atoms with Crippen molar-refractivity contribution in [2.24, 2.45) is 12.8 Å². The van der Waals surface area contributed by atoms with Crippen LogP contribution in [0.4, 0.5) is 0 Å². The predicted octanol–water partition coefficient (Wildman–Crippen LogP) is 2.45. The van der Waals surface area contributed by atoms with E-state index in [2.05, 4.69) is 23.3 Å². The summed E-state index contributed by atoms with van der Waals surface area (Å²) in [5.41, 5.74) is 9.99. The molecule has 0 amide bonds. The van der Waals surface area contributed by atoms with Crippen molar-refractivity contribution in [2.45, 2.75) is 29.7 Å². The Kier molecular flexibility index (Phi) is 3.48. The summed E-state index contributed by atoms with van der Waals surface area (Å²) in [5.74, 6) is 0.876. The van der Waals surface area contributed by atoms with Crippen LogP contribution in [-0.2, 0) is 13.5 Å². The van der Waals surface area contributed by atoms with E-state index in [-0.39, 0.29) is 6.04 Å². The van der Waals surface area contributed by atoms with Gasteiger partial charge in [0.05, 0.1) is 17.8 Å². The summed E-state index contributed by atoms with van der Waals surface area (Å²) < 4.78 is 7.21. The number of hydrogen-bond donors (Lipinski definition) is 1. The third-order valence-electron chi connectivity index (χ3n) is 3.76. The molecule has 1 aromatic heterocycles. The van der Waals surface area contributed by atoms with Crippen LogP contribution in [0.1, 0.15) is 22.9 Å². The molecule has 0 saturated carbocycles. The van der Waals surface area contributed by atoms with Crippen molar-refractivity contribution in [3.8, 4) is 5.75 Å². The Morgan fingerprint density at radius 1 is 1.40 bits per heavy atom. The Morgan fingerprint density at radius 2 is 2.20 bits per heavy atom. The number of aromatic nitrogens is 2. The van der Waals surface area contributed by atoms with E-state index in [9.17, 15) is 0 Å². The number of fused-ring (bicyclic) bond motifs is 1. The van der Waals surface area contributed by atoms with Crippen LogP contribution in [0.15, 0.2) is 29.3 Å². The maximum absolute atomic E-state index is 6.41. The van der Waals surface area contributed by atoms with Crippen molar-refractivity contribution in [1.29, 1.82) is 0 Å². The number of hydrogen-bond acceptors (Lipinski definition) is 4. The summed E-state index contributed by atoms with van der Waals surface area (Å²) in [6, 6.07) is 8.35. The zero-order valence-corrected chi connectivity index (χ0v) is 12.8. The number of nitrogens with two attached hydrogens (primary N) is 1. The molecular formula is C15H19N3OS. The fraction of sp³-hybridized carbons (Fsp3) is 0.400. The lowest BCUT2D eigenvalue weighted by molar-refractivity contribution is 0.414. The molecule has 3 rings (SSSR count). The van der Waals surface area contributed by atoms with Crippen LogP contribution in [0, 0.1) is 6.92 Å². The first kappa shape index (κ1) is 13.5. The lowest BCUT2D eigenvalue weighted by atomic mass is 10.1. The third-order valence-corrected chi connectivity index (χ3v) is 5.15. The number of rotatable bonds is 3. The van der Waals surface area contributed by atoms with Gasteiger partial charge in [-0.15, -0.1) is 11.8 Å². The maximum atomic E-state index is 6.41. The van der Waals surface area contributed by atoms with Gasteiger partial charge in [-0.05, 0) is 42.7 Å². The van der Waals surface area contributed by atoms with Gasteiger partial charge in [-0.3, -0.25) is 4.68 Å². The number of methoxy groups -OCH3 is 1. The molecule has 1 heterocycles. The van der Waals surface area contributed by atoms with Gasteiger partial charge in [0.25, 0.3) is 0 Å². The van der Waals surface area contributed by atoms with Crippen LogP contribution in [0.25, 0.3) is 0 Å². The molecule has 0 radical (unpaired) electrons. The number of thioether (sulfide) groups is 1. The molecule has 0 fully saturated rings. The molecule has 0 saturated heterocycles. The highest BCUT2D eigenvalue weighted by Gasteiger charge is 2.31. The second-order valence-corrected chi connectivity index (χ2v) is 6.46. The standard InChI is InChI=1S/C15H19N3OS/c1-9-6-14(18(2)17-9)20-13-7-10-4-5-11(19-3)8-12(10)15(13)16/h4-6,8,13,15H,7,16H2,1-3H3. The summed E-state index contributed by atoms with van der Waals surface area (Å²) in [6.07, 6.45) is 0.995. The van der Waals surface area contributed by atoms with Gasteiger partial charge in [0.15, 0.2) is 0 Å². The van der Waals surface area contributed by atoms with Crippen LogP contribution < -0.4 is 10.5 Å². The summed E-state index contributed by atoms with van der Waals surface area (Å²) in [5, 5.41) is 5.91. The van der Waals surface area contributed by atoms with Crippen molar-refractivity contribution >= 4 is 11.8 Å². The average molecular weight is 289 g/mol. The van der Waals surface area contributed by atoms with E-state index in [4.69, 9.17) is 10.5 Å². The number of ether oxygens (including phenoxy) is 1. The summed E-state index contributed by atoms with van der Waals surface area (Å²) in [6.45, 7) is 2.01. The topological polar surface area (TPSA) is 53.1 Å². The van der Waals surface area contributed by atoms with E-state index < -0.39 is 0 Å². The fourth-order valence-electron chi connectivity index (χ4n) is 2.71. The molecule has 0 aliphatic heterocycles. The first-order valence-corrected chi connectivity index (χ1v) is 7.56. The minimum Gasteiger partial charge on any atom is -0.497 e. The molecule has 2 aromatic rings. The van der Waals surface area contributed by atoms with Gasteiger partial charge < -0.3 is 10.5 Å². The summed E-state index contributed by atoms with van der Waals surface area (Å²) >= 11 is 1.81. The molecule has 2 unspecified atom stereocenters. The predicted molar refractivity (Wildman–Crippen MR) is 81.2 cm³/mol. The molecule has 1 aromatic carbocycles. The molecule has 0 spiro atoms. The Hall–Kier alpha value is -1.46. The molecule has 0 bridgehead atoms. The van der Waals surface area contributed by atoms with E-state index in [1.807, 2.05) is 36.5 Å². The largest absolute Gasteiger partial charge is 0.497 e. The first-order chi connectivity index (χ1) is 9.58. The van der Waals surface area contributed by atoms with Crippen LogP contribution >= 0.6 is 11.8 Å². The molecule has 1 aliphatic carbocycles. The van der Waals surface area contributed by atoms with Crippen molar-refractivity contribution in [1.82, 2.24) is 9.78 Å². The van der Waals surface area contributed by atoms with Crippen LogP contribution in [0.3, 0.4) is 0 Å². The maximum Gasteiger partial charge on any atom is 0.119 e. The smallest absolute Gasteiger partial charge is 0.119 e. The minimum absolute atomic E-state index is 0.0420. The quantitative estimate of drug-likeness (QED) is 0.943. The van der Waals surface area contributed by atoms with E-state index in [0.717, 1.165) is 17.9 Å². The van der Waals surface area contributed by atoms with Crippen LogP contribution in [0.5, 0.6) is 5.75 Å². The Morgan fingerprint density at radius 3 is 2.85 bits per heavy atom. The van der Waals surface area contributed by atoms with Gasteiger partial charge in [-0.2, -0.15) is 5.10 Å². The zero-order chi connectivity index (χ0) is 14.3. The second-order valence-electron chi connectivity index (χ2n) is 5.20. The monoisotopic (exact) mass is 289 g/mol. The van der Waals surface area contributed by atoms with E-state index >= 15 is 0 Å². The van der Waals surface area contributed by atoms with E-state index in [0.29, 0.717) is 5.25 Å². The number of benzene rings is 1. The normalized spacial score (nSPS) is 21.0. The van der Waals surface area contributed by atoms with Crippen LogP contribution in [-0.4, -0.2) is 22.1 Å². The molecule has 2 N–H and O–H groups in total. The Bertz CT molecular complexity index is 638. The molecular weight excluding hydrogens is 270 g/mol. The number of nitrogens with zero attached hydrogens (tertiary/aromatic N) is 2. The molecule has 5 heteroatoms. The summed E-state index contributed by atoms with van der Waals surface area (Å²) in [4.78, 5) is 0. The van der Waals surface area contributed by atoms with Crippen molar-refractivity contribution in [2.75, 3.05) is 7.11 Å². The van der Waals surface area contributed by atoms with Gasteiger partial charge in [-0.1, -0.05) is 6.07 Å². The minimum atomic E-state index is 0.0420. The highest BCUT2D eigenvalue weighted by Crippen LogP contribution is 2.41. The first-order valence-electron chi connectivity index (χ1n) is 6.68. The lowest BCUT2D eigenvalue weighted by Gasteiger charge is -2.15. The second kappa shape index (κ2) is 5.14. The number of aryl methyl sites for hydroxylation is 2. The average Bonchev–Trinajstić information content (AvgIpc) is 2.91. The summed E-state index contributed by atoms with van der Waals surface area (Å²) in [7, 11) is 3.67. The van der Waals surface area contributed by atoms with Gasteiger partial charge in [-0.25, -0.2) is 0 Å². The van der Waals surface area contributed by atoms with Gasteiger partial charge in [0, 0.05) is 18.3 Å². The molecule has 20 heavy (non-hydrogen) atoms. The van der Waals surface area contributed by atoms with Gasteiger partial charge in [0.2, 0.25) is 0 Å². The highest BCUT2D eigenvalue weighted by molar-refractivity contribution is 7.99. The molecule has 4 nitrogen and oxygen atoms in total. The molecule has 106 valence electrons. The van der Waals surface area contributed by atoms with Gasteiger partial charge in [0.1, 0.15) is 5.75 Å². The van der Waals surface area contributed by atoms with E-state index in [1.165, 1.54) is 16.2 Å². The molecule has 2 atom stereocenters. The van der Waals surface area contributed by atoms with Crippen molar-refractivity contribution < 1.29 is 4.74 Å². The van der Waals surface area contributed by atoms with Crippen molar-refractivity contribution in [3.05, 3.63) is 41.1 Å². The van der Waals surface area contributed by atoms with Crippen LogP contribution in [0.2, 0.25) is 0 Å². The Labute approximate surface area is 123 Å². The van der Waals surface area contributed by atoms with Crippen molar-refractivity contribution in [3.63, 3.8) is 0 Å². The van der Waals surface area contributed by atoms with Gasteiger partial charge >= 0.3 is 0 Å². The molecule has 1 aliphatic rings.